The highest BCUT2D eigenvalue weighted by molar-refractivity contribution is 7.89. The van der Waals surface area contributed by atoms with Crippen LogP contribution in [0.25, 0.3) is 0 Å². The molecular weight excluding hydrogens is 436 g/mol. The summed E-state index contributed by atoms with van der Waals surface area (Å²) in [6, 6.07) is 20.2. The van der Waals surface area contributed by atoms with E-state index in [0.29, 0.717) is 24.2 Å². The van der Waals surface area contributed by atoms with E-state index in [1.54, 1.807) is 40.7 Å². The Morgan fingerprint density at radius 3 is 2.36 bits per heavy atom. The van der Waals surface area contributed by atoms with Crippen LogP contribution in [-0.4, -0.2) is 43.8 Å². The third kappa shape index (κ3) is 5.23. The Labute approximate surface area is 195 Å². The smallest absolute Gasteiger partial charge is 0.253 e. The molecule has 3 aromatic rings. The molecule has 0 saturated carbocycles. The van der Waals surface area contributed by atoms with Crippen LogP contribution >= 0.6 is 0 Å². The van der Waals surface area contributed by atoms with Crippen molar-refractivity contribution in [2.24, 2.45) is 0 Å². The first kappa shape index (κ1) is 22.9. The van der Waals surface area contributed by atoms with E-state index >= 15 is 0 Å². The van der Waals surface area contributed by atoms with Crippen molar-refractivity contribution in [3.8, 4) is 0 Å². The van der Waals surface area contributed by atoms with Crippen molar-refractivity contribution in [2.75, 3.05) is 25.0 Å². The van der Waals surface area contributed by atoms with Crippen LogP contribution < -0.4 is 10.2 Å². The molecule has 1 aliphatic heterocycles. The van der Waals surface area contributed by atoms with Crippen molar-refractivity contribution in [1.29, 1.82) is 0 Å². The van der Waals surface area contributed by atoms with Gasteiger partial charge in [0.25, 0.3) is 5.91 Å². The summed E-state index contributed by atoms with van der Waals surface area (Å²) in [6.07, 6.45) is 4.33. The van der Waals surface area contributed by atoms with E-state index < -0.39 is 10.0 Å². The summed E-state index contributed by atoms with van der Waals surface area (Å²) in [5.41, 5.74) is 1.98. The molecule has 1 N–H and O–H groups in total. The van der Waals surface area contributed by atoms with E-state index in [1.807, 2.05) is 42.3 Å². The fourth-order valence-corrected chi connectivity index (χ4v) is 5.67. The highest BCUT2D eigenvalue weighted by atomic mass is 32.2. The summed E-state index contributed by atoms with van der Waals surface area (Å²) < 4.78 is 27.8. The first-order chi connectivity index (χ1) is 16.0. The molecule has 8 heteroatoms. The summed E-state index contributed by atoms with van der Waals surface area (Å²) in [6.45, 7) is 1.20. The minimum absolute atomic E-state index is 0.119. The highest BCUT2D eigenvalue weighted by Crippen LogP contribution is 2.24. The number of carbonyl (C=O) groups is 1. The van der Waals surface area contributed by atoms with Gasteiger partial charge in [0.1, 0.15) is 5.82 Å². The number of para-hydroxylation sites is 1. The van der Waals surface area contributed by atoms with E-state index in [2.05, 4.69) is 10.3 Å². The molecule has 0 aliphatic carbocycles. The number of hydrogen-bond acceptors (Lipinski definition) is 5. The summed E-state index contributed by atoms with van der Waals surface area (Å²) in [7, 11) is -1.67. The number of anilines is 2. The summed E-state index contributed by atoms with van der Waals surface area (Å²) in [4.78, 5) is 19.3. The molecule has 0 bridgehead atoms. The predicted molar refractivity (Wildman–Crippen MR) is 129 cm³/mol. The van der Waals surface area contributed by atoms with Gasteiger partial charge in [-0.25, -0.2) is 13.4 Å². The van der Waals surface area contributed by atoms with Crippen molar-refractivity contribution in [3.63, 3.8) is 0 Å². The van der Waals surface area contributed by atoms with Gasteiger partial charge in [0.15, 0.2) is 0 Å². The number of carbonyl (C=O) groups excluding carboxylic acids is 1. The van der Waals surface area contributed by atoms with Gasteiger partial charge >= 0.3 is 0 Å². The molecule has 2 aromatic carbocycles. The fourth-order valence-electron chi connectivity index (χ4n) is 3.93. The first-order valence-electron chi connectivity index (χ1n) is 11.1. The van der Waals surface area contributed by atoms with Crippen LogP contribution in [0, 0.1) is 0 Å². The molecule has 0 spiro atoms. The fraction of sp³-hybridized carbons (Fsp3) is 0.280. The number of amides is 1. The van der Waals surface area contributed by atoms with Crippen molar-refractivity contribution in [2.45, 2.75) is 30.7 Å². The SMILES string of the molecule is CN(c1ccccc1)c1ccc(C(=O)NCc2ccccc2S(=O)(=O)N2CCCCC2)cn1. The Kier molecular flexibility index (Phi) is 7.05. The monoisotopic (exact) mass is 464 g/mol. The van der Waals surface area contributed by atoms with Crippen LogP contribution in [0.15, 0.2) is 77.8 Å². The molecule has 0 radical (unpaired) electrons. The molecule has 7 nitrogen and oxygen atoms in total. The predicted octanol–water partition coefficient (Wildman–Crippen LogP) is 3.95. The van der Waals surface area contributed by atoms with Gasteiger partial charge in [0, 0.05) is 38.6 Å². The third-order valence-electron chi connectivity index (χ3n) is 5.84. The van der Waals surface area contributed by atoms with Crippen LogP contribution in [0.3, 0.4) is 0 Å². The van der Waals surface area contributed by atoms with Gasteiger partial charge in [-0.1, -0.05) is 42.8 Å². The summed E-state index contributed by atoms with van der Waals surface area (Å²) in [5.74, 6) is 0.414. The zero-order valence-electron chi connectivity index (χ0n) is 18.6. The lowest BCUT2D eigenvalue weighted by Gasteiger charge is -2.26. The topological polar surface area (TPSA) is 82.6 Å². The largest absolute Gasteiger partial charge is 0.348 e. The Morgan fingerprint density at radius 2 is 1.67 bits per heavy atom. The molecule has 33 heavy (non-hydrogen) atoms. The molecule has 1 aromatic heterocycles. The number of benzene rings is 2. The van der Waals surface area contributed by atoms with Gasteiger partial charge in [0.05, 0.1) is 10.5 Å². The highest BCUT2D eigenvalue weighted by Gasteiger charge is 2.28. The van der Waals surface area contributed by atoms with E-state index in [9.17, 15) is 13.2 Å². The van der Waals surface area contributed by atoms with Crippen LogP contribution in [-0.2, 0) is 16.6 Å². The van der Waals surface area contributed by atoms with Gasteiger partial charge < -0.3 is 10.2 Å². The average molecular weight is 465 g/mol. The van der Waals surface area contributed by atoms with Crippen LogP contribution in [0.2, 0.25) is 0 Å². The Balaban J connectivity index is 1.44. The lowest BCUT2D eigenvalue weighted by molar-refractivity contribution is 0.0950. The third-order valence-corrected chi connectivity index (χ3v) is 7.84. The first-order valence-corrected chi connectivity index (χ1v) is 12.5. The second kappa shape index (κ2) is 10.1. The van der Waals surface area contributed by atoms with Crippen molar-refractivity contribution >= 4 is 27.4 Å². The Hall–Kier alpha value is -3.23. The maximum Gasteiger partial charge on any atom is 0.253 e. The van der Waals surface area contributed by atoms with Crippen LogP contribution in [0.4, 0.5) is 11.5 Å². The minimum Gasteiger partial charge on any atom is -0.348 e. The maximum absolute atomic E-state index is 13.1. The molecule has 1 aliphatic rings. The summed E-state index contributed by atoms with van der Waals surface area (Å²) in [5, 5.41) is 2.84. The molecule has 0 atom stereocenters. The molecule has 4 rings (SSSR count). The average Bonchev–Trinajstić information content (AvgIpc) is 2.88. The molecule has 1 saturated heterocycles. The minimum atomic E-state index is -3.58. The number of nitrogens with zero attached hydrogens (tertiary/aromatic N) is 3. The van der Waals surface area contributed by atoms with Gasteiger partial charge in [0.2, 0.25) is 10.0 Å². The van der Waals surface area contributed by atoms with E-state index in [-0.39, 0.29) is 17.3 Å². The standard InChI is InChI=1S/C25H28N4O3S/c1-28(22-11-4-2-5-12-22)24-15-14-21(19-26-24)25(30)27-18-20-10-6-7-13-23(20)33(31,32)29-16-8-3-9-17-29/h2,4-7,10-15,19H,3,8-9,16-18H2,1H3,(H,27,30). The molecule has 0 unspecified atom stereocenters. The van der Waals surface area contributed by atoms with Gasteiger partial charge in [-0.15, -0.1) is 0 Å². The number of piperidine rings is 1. The molecule has 1 fully saturated rings. The van der Waals surface area contributed by atoms with E-state index in [1.165, 1.54) is 6.20 Å². The number of pyridine rings is 1. The van der Waals surface area contributed by atoms with Gasteiger partial charge in [-0.3, -0.25) is 4.79 Å². The Bertz CT molecular complexity index is 1190. The zero-order chi connectivity index (χ0) is 23.3. The number of rotatable bonds is 7. The zero-order valence-corrected chi connectivity index (χ0v) is 19.5. The lowest BCUT2D eigenvalue weighted by atomic mass is 10.2. The van der Waals surface area contributed by atoms with Crippen molar-refractivity contribution < 1.29 is 13.2 Å². The molecular formula is C25H28N4O3S. The van der Waals surface area contributed by atoms with Crippen LogP contribution in [0.1, 0.15) is 35.2 Å². The van der Waals surface area contributed by atoms with Gasteiger partial charge in [-0.2, -0.15) is 4.31 Å². The Morgan fingerprint density at radius 1 is 0.970 bits per heavy atom. The molecule has 2 heterocycles. The normalized spacial score (nSPS) is 14.6. The molecule has 172 valence electrons. The van der Waals surface area contributed by atoms with E-state index in [0.717, 1.165) is 30.8 Å². The quantitative estimate of drug-likeness (QED) is 0.572. The number of aromatic nitrogens is 1. The van der Waals surface area contributed by atoms with Crippen molar-refractivity contribution in [3.05, 3.63) is 84.1 Å². The molecule has 1 amide bonds. The lowest BCUT2D eigenvalue weighted by Crippen LogP contribution is -2.36. The number of hydrogen-bond donors (Lipinski definition) is 1. The maximum atomic E-state index is 13.1. The number of sulfonamides is 1. The van der Waals surface area contributed by atoms with Gasteiger partial charge in [-0.05, 0) is 48.7 Å². The second-order valence-corrected chi connectivity index (χ2v) is 9.96. The number of nitrogens with one attached hydrogen (secondary N) is 1. The summed E-state index contributed by atoms with van der Waals surface area (Å²) >= 11 is 0. The van der Waals surface area contributed by atoms with Crippen LogP contribution in [0.5, 0.6) is 0 Å². The van der Waals surface area contributed by atoms with E-state index in [4.69, 9.17) is 0 Å². The second-order valence-electron chi connectivity index (χ2n) is 8.05. The van der Waals surface area contributed by atoms with Crippen molar-refractivity contribution in [1.82, 2.24) is 14.6 Å².